The highest BCUT2D eigenvalue weighted by molar-refractivity contribution is 6.36. The summed E-state index contributed by atoms with van der Waals surface area (Å²) in [6, 6.07) is 4.81. The van der Waals surface area contributed by atoms with Crippen LogP contribution < -0.4 is 0 Å². The van der Waals surface area contributed by atoms with Gasteiger partial charge in [-0.1, -0.05) is 29.6 Å². The Balaban J connectivity index is 2.03. The van der Waals surface area contributed by atoms with E-state index in [9.17, 15) is 4.79 Å². The molecular formula is C13H14Cl2O2. The molecule has 0 spiro atoms. The molecule has 2 rings (SSSR count). The van der Waals surface area contributed by atoms with E-state index in [0.717, 1.165) is 25.7 Å². The first kappa shape index (κ1) is 12.7. The van der Waals surface area contributed by atoms with Crippen molar-refractivity contribution in [1.29, 1.82) is 0 Å². The molecule has 1 aliphatic rings. The average Bonchev–Trinajstić information content (AvgIpc) is 2.30. The summed E-state index contributed by atoms with van der Waals surface area (Å²) in [5.41, 5.74) is 0.390. The second-order valence-corrected chi connectivity index (χ2v) is 5.13. The van der Waals surface area contributed by atoms with Gasteiger partial charge in [0.1, 0.15) is 6.10 Å². The van der Waals surface area contributed by atoms with E-state index in [0.29, 0.717) is 15.6 Å². The molecule has 0 radical (unpaired) electrons. The van der Waals surface area contributed by atoms with Gasteiger partial charge in [-0.25, -0.2) is 4.79 Å². The SMILES string of the molecule is O=C(OC1CCCCC1)c1ccc(Cl)cc1Cl. The van der Waals surface area contributed by atoms with Crippen LogP contribution in [0.15, 0.2) is 18.2 Å². The van der Waals surface area contributed by atoms with Crippen LogP contribution in [0.3, 0.4) is 0 Å². The fraction of sp³-hybridized carbons (Fsp3) is 0.462. The third-order valence-corrected chi connectivity index (χ3v) is 3.52. The maximum atomic E-state index is 11.9. The molecule has 0 saturated heterocycles. The summed E-state index contributed by atoms with van der Waals surface area (Å²) in [6.45, 7) is 0. The Morgan fingerprint density at radius 1 is 1.18 bits per heavy atom. The molecule has 92 valence electrons. The fourth-order valence-corrected chi connectivity index (χ4v) is 2.54. The smallest absolute Gasteiger partial charge is 0.339 e. The number of hydrogen-bond donors (Lipinski definition) is 0. The van der Waals surface area contributed by atoms with Gasteiger partial charge in [-0.05, 0) is 43.9 Å². The zero-order valence-electron chi connectivity index (χ0n) is 9.42. The van der Waals surface area contributed by atoms with Crippen LogP contribution in [0.25, 0.3) is 0 Å². The van der Waals surface area contributed by atoms with E-state index >= 15 is 0 Å². The Bertz CT molecular complexity index is 412. The summed E-state index contributed by atoms with van der Waals surface area (Å²) in [4.78, 5) is 11.9. The van der Waals surface area contributed by atoms with Gasteiger partial charge in [0.2, 0.25) is 0 Å². The highest BCUT2D eigenvalue weighted by atomic mass is 35.5. The molecule has 1 aromatic rings. The fourth-order valence-electron chi connectivity index (χ4n) is 2.05. The highest BCUT2D eigenvalue weighted by Crippen LogP contribution is 2.25. The summed E-state index contributed by atoms with van der Waals surface area (Å²) in [7, 11) is 0. The van der Waals surface area contributed by atoms with Gasteiger partial charge in [-0.2, -0.15) is 0 Å². The predicted molar refractivity (Wildman–Crippen MR) is 68.8 cm³/mol. The molecule has 0 atom stereocenters. The Morgan fingerprint density at radius 2 is 1.88 bits per heavy atom. The predicted octanol–water partition coefficient (Wildman–Crippen LogP) is 4.48. The second-order valence-electron chi connectivity index (χ2n) is 4.29. The lowest BCUT2D eigenvalue weighted by molar-refractivity contribution is 0.0211. The zero-order valence-corrected chi connectivity index (χ0v) is 10.9. The van der Waals surface area contributed by atoms with E-state index in [1.165, 1.54) is 6.42 Å². The topological polar surface area (TPSA) is 26.3 Å². The van der Waals surface area contributed by atoms with Crippen LogP contribution in [0.4, 0.5) is 0 Å². The Hall–Kier alpha value is -0.730. The largest absolute Gasteiger partial charge is 0.459 e. The molecule has 1 fully saturated rings. The van der Waals surface area contributed by atoms with E-state index in [2.05, 4.69) is 0 Å². The van der Waals surface area contributed by atoms with E-state index in [1.54, 1.807) is 18.2 Å². The monoisotopic (exact) mass is 272 g/mol. The summed E-state index contributed by atoms with van der Waals surface area (Å²) >= 11 is 11.7. The molecule has 17 heavy (non-hydrogen) atoms. The van der Waals surface area contributed by atoms with E-state index in [1.807, 2.05) is 0 Å². The van der Waals surface area contributed by atoms with Gasteiger partial charge in [0, 0.05) is 5.02 Å². The molecule has 4 heteroatoms. The number of ether oxygens (including phenoxy) is 1. The van der Waals surface area contributed by atoms with Crippen molar-refractivity contribution < 1.29 is 9.53 Å². The van der Waals surface area contributed by atoms with Crippen molar-refractivity contribution in [2.24, 2.45) is 0 Å². The van der Waals surface area contributed by atoms with Crippen LogP contribution in [0, 0.1) is 0 Å². The Morgan fingerprint density at radius 3 is 2.53 bits per heavy atom. The number of hydrogen-bond acceptors (Lipinski definition) is 2. The van der Waals surface area contributed by atoms with Crippen molar-refractivity contribution >= 4 is 29.2 Å². The van der Waals surface area contributed by atoms with Gasteiger partial charge < -0.3 is 4.74 Å². The summed E-state index contributed by atoms with van der Waals surface area (Å²) < 4.78 is 5.43. The maximum absolute atomic E-state index is 11.9. The molecule has 0 amide bonds. The molecule has 0 bridgehead atoms. The number of benzene rings is 1. The van der Waals surface area contributed by atoms with Crippen LogP contribution >= 0.6 is 23.2 Å². The summed E-state index contributed by atoms with van der Waals surface area (Å²) in [5.74, 6) is -0.349. The van der Waals surface area contributed by atoms with Crippen molar-refractivity contribution in [2.75, 3.05) is 0 Å². The molecule has 0 N–H and O–H groups in total. The molecule has 1 aromatic carbocycles. The quantitative estimate of drug-likeness (QED) is 0.742. The van der Waals surface area contributed by atoms with E-state index < -0.39 is 0 Å². The number of esters is 1. The van der Waals surface area contributed by atoms with Crippen LogP contribution in [0.1, 0.15) is 42.5 Å². The highest BCUT2D eigenvalue weighted by Gasteiger charge is 2.20. The minimum atomic E-state index is -0.349. The van der Waals surface area contributed by atoms with Crippen LogP contribution in [-0.4, -0.2) is 12.1 Å². The van der Waals surface area contributed by atoms with Gasteiger partial charge in [-0.15, -0.1) is 0 Å². The number of halogens is 2. The maximum Gasteiger partial charge on any atom is 0.339 e. The van der Waals surface area contributed by atoms with Crippen LogP contribution in [-0.2, 0) is 4.74 Å². The van der Waals surface area contributed by atoms with Crippen LogP contribution in [0.2, 0.25) is 10.0 Å². The first-order valence-electron chi connectivity index (χ1n) is 5.83. The van der Waals surface area contributed by atoms with Gasteiger partial charge in [0.25, 0.3) is 0 Å². The molecular weight excluding hydrogens is 259 g/mol. The second kappa shape index (κ2) is 5.74. The lowest BCUT2D eigenvalue weighted by atomic mass is 9.98. The van der Waals surface area contributed by atoms with Gasteiger partial charge in [0.15, 0.2) is 0 Å². The third-order valence-electron chi connectivity index (χ3n) is 2.98. The lowest BCUT2D eigenvalue weighted by Gasteiger charge is -2.22. The molecule has 0 aliphatic heterocycles. The number of carbonyl (C=O) groups is 1. The van der Waals surface area contributed by atoms with E-state index in [-0.39, 0.29) is 12.1 Å². The average molecular weight is 273 g/mol. The van der Waals surface area contributed by atoms with Crippen molar-refractivity contribution in [1.82, 2.24) is 0 Å². The normalized spacial score (nSPS) is 16.8. The first-order chi connectivity index (χ1) is 8.16. The molecule has 0 aromatic heterocycles. The third kappa shape index (κ3) is 3.36. The first-order valence-corrected chi connectivity index (χ1v) is 6.58. The van der Waals surface area contributed by atoms with Gasteiger partial charge in [0.05, 0.1) is 10.6 Å². The van der Waals surface area contributed by atoms with Gasteiger partial charge >= 0.3 is 5.97 Å². The Labute approximate surface area is 111 Å². The zero-order chi connectivity index (χ0) is 12.3. The molecule has 0 heterocycles. The molecule has 1 saturated carbocycles. The summed E-state index contributed by atoms with van der Waals surface area (Å²) in [5, 5.41) is 0.863. The molecule has 1 aliphatic carbocycles. The summed E-state index contributed by atoms with van der Waals surface area (Å²) in [6.07, 6.45) is 5.45. The minimum Gasteiger partial charge on any atom is -0.459 e. The lowest BCUT2D eigenvalue weighted by Crippen LogP contribution is -2.21. The molecule has 2 nitrogen and oxygen atoms in total. The van der Waals surface area contributed by atoms with Crippen LogP contribution in [0.5, 0.6) is 0 Å². The minimum absolute atomic E-state index is 0.0444. The van der Waals surface area contributed by atoms with Crippen molar-refractivity contribution in [2.45, 2.75) is 38.2 Å². The number of rotatable bonds is 2. The van der Waals surface area contributed by atoms with E-state index in [4.69, 9.17) is 27.9 Å². The van der Waals surface area contributed by atoms with Crippen molar-refractivity contribution in [3.05, 3.63) is 33.8 Å². The Kier molecular flexibility index (Phi) is 4.30. The molecule has 0 unspecified atom stereocenters. The van der Waals surface area contributed by atoms with Gasteiger partial charge in [-0.3, -0.25) is 0 Å². The number of carbonyl (C=O) groups excluding carboxylic acids is 1. The standard InChI is InChI=1S/C13H14Cl2O2/c14-9-6-7-11(12(15)8-9)13(16)17-10-4-2-1-3-5-10/h6-8,10H,1-5H2. The van der Waals surface area contributed by atoms with Crippen molar-refractivity contribution in [3.8, 4) is 0 Å². The van der Waals surface area contributed by atoms with Crippen molar-refractivity contribution in [3.63, 3.8) is 0 Å².